The van der Waals surface area contributed by atoms with Gasteiger partial charge in [0, 0.05) is 35.5 Å². The number of fused-ring (bicyclic) bond motifs is 1. The summed E-state index contributed by atoms with van der Waals surface area (Å²) >= 11 is 7.72. The molecule has 1 heterocycles. The Balaban J connectivity index is 1.86. The van der Waals surface area contributed by atoms with E-state index in [4.69, 9.17) is 16.0 Å². The van der Waals surface area contributed by atoms with Gasteiger partial charge in [0.05, 0.1) is 5.02 Å². The van der Waals surface area contributed by atoms with Crippen LogP contribution in [0.25, 0.3) is 11.0 Å². The molecular formula is C19H18ClNO3S. The van der Waals surface area contributed by atoms with Crippen LogP contribution in [0.2, 0.25) is 5.02 Å². The molecule has 0 radical (unpaired) electrons. The fraction of sp³-hybridized carbons (Fsp3) is 0.211. The zero-order valence-electron chi connectivity index (χ0n) is 14.0. The number of hydrogen-bond donors (Lipinski definition) is 1. The van der Waals surface area contributed by atoms with E-state index in [1.54, 1.807) is 17.8 Å². The van der Waals surface area contributed by atoms with Gasteiger partial charge in [0.25, 0.3) is 0 Å². The van der Waals surface area contributed by atoms with Crippen LogP contribution in [0.15, 0.2) is 56.6 Å². The maximum Gasteiger partial charge on any atom is 0.336 e. The molecule has 2 aromatic carbocycles. The van der Waals surface area contributed by atoms with E-state index in [0.717, 1.165) is 17.5 Å². The lowest BCUT2D eigenvalue weighted by molar-refractivity contribution is 0.319. The van der Waals surface area contributed by atoms with Crippen LogP contribution in [0.4, 0.5) is 0 Å². The molecule has 0 fully saturated rings. The van der Waals surface area contributed by atoms with Gasteiger partial charge < -0.3 is 9.52 Å². The fourth-order valence-corrected chi connectivity index (χ4v) is 3.33. The van der Waals surface area contributed by atoms with E-state index in [2.05, 4.69) is 35.4 Å². The van der Waals surface area contributed by atoms with Crippen molar-refractivity contribution in [1.82, 2.24) is 4.90 Å². The van der Waals surface area contributed by atoms with Gasteiger partial charge in [0.15, 0.2) is 0 Å². The summed E-state index contributed by atoms with van der Waals surface area (Å²) < 4.78 is 5.17. The molecule has 0 unspecified atom stereocenters. The summed E-state index contributed by atoms with van der Waals surface area (Å²) in [6.45, 7) is 1.32. The number of hydrogen-bond acceptors (Lipinski definition) is 5. The van der Waals surface area contributed by atoms with Crippen LogP contribution in [-0.4, -0.2) is 23.3 Å². The molecule has 1 aromatic heterocycles. The standard InChI is InChI=1S/C19H18ClNO3S/c1-21(10-12-3-5-14(25-2)6-4-12)11-13-7-19(23)24-18-9-17(22)16(20)8-15(13)18/h3-9,22H,10-11H2,1-2H3. The quantitative estimate of drug-likeness (QED) is 0.525. The van der Waals surface area contributed by atoms with Gasteiger partial charge in [0.1, 0.15) is 11.3 Å². The molecule has 0 saturated carbocycles. The molecule has 25 heavy (non-hydrogen) atoms. The van der Waals surface area contributed by atoms with E-state index in [0.29, 0.717) is 12.1 Å². The Morgan fingerprint density at radius 3 is 2.56 bits per heavy atom. The molecule has 6 heteroatoms. The smallest absolute Gasteiger partial charge is 0.336 e. The number of rotatable bonds is 5. The minimum atomic E-state index is -0.443. The summed E-state index contributed by atoms with van der Waals surface area (Å²) in [6.07, 6.45) is 2.05. The second-order valence-electron chi connectivity index (χ2n) is 5.91. The van der Waals surface area contributed by atoms with E-state index in [1.807, 2.05) is 7.05 Å². The third-order valence-corrected chi connectivity index (χ3v) is 5.00. The summed E-state index contributed by atoms with van der Waals surface area (Å²) in [6, 6.07) is 12.9. The molecule has 0 aliphatic carbocycles. The molecular weight excluding hydrogens is 358 g/mol. The predicted molar refractivity (Wildman–Crippen MR) is 103 cm³/mol. The number of thioether (sulfide) groups is 1. The van der Waals surface area contributed by atoms with Gasteiger partial charge in [-0.05, 0) is 42.6 Å². The van der Waals surface area contributed by atoms with Gasteiger partial charge in [-0.15, -0.1) is 11.8 Å². The fourth-order valence-electron chi connectivity index (χ4n) is 2.76. The molecule has 0 aliphatic heterocycles. The summed E-state index contributed by atoms with van der Waals surface area (Å²) in [5.41, 5.74) is 1.91. The summed E-state index contributed by atoms with van der Waals surface area (Å²) in [4.78, 5) is 15.2. The highest BCUT2D eigenvalue weighted by molar-refractivity contribution is 7.98. The maximum absolute atomic E-state index is 11.8. The largest absolute Gasteiger partial charge is 0.506 e. The van der Waals surface area contributed by atoms with Crippen LogP contribution >= 0.6 is 23.4 Å². The Morgan fingerprint density at radius 2 is 1.88 bits per heavy atom. The average molecular weight is 376 g/mol. The number of nitrogens with zero attached hydrogens (tertiary/aromatic N) is 1. The molecule has 3 rings (SSSR count). The Morgan fingerprint density at radius 1 is 1.16 bits per heavy atom. The highest BCUT2D eigenvalue weighted by Crippen LogP contribution is 2.30. The van der Waals surface area contributed by atoms with Crippen molar-refractivity contribution in [3.05, 3.63) is 69.0 Å². The van der Waals surface area contributed by atoms with E-state index in [-0.39, 0.29) is 10.8 Å². The van der Waals surface area contributed by atoms with Crippen molar-refractivity contribution >= 4 is 34.3 Å². The van der Waals surface area contributed by atoms with Crippen molar-refractivity contribution in [3.63, 3.8) is 0 Å². The first kappa shape index (κ1) is 17.9. The number of benzene rings is 2. The van der Waals surface area contributed by atoms with Crippen LogP contribution in [0.1, 0.15) is 11.1 Å². The van der Waals surface area contributed by atoms with Crippen LogP contribution in [0, 0.1) is 0 Å². The van der Waals surface area contributed by atoms with Crippen LogP contribution < -0.4 is 5.63 Å². The Bertz CT molecular complexity index is 953. The normalized spacial score (nSPS) is 11.4. The van der Waals surface area contributed by atoms with Crippen molar-refractivity contribution in [2.24, 2.45) is 0 Å². The monoisotopic (exact) mass is 375 g/mol. The van der Waals surface area contributed by atoms with Gasteiger partial charge in [-0.25, -0.2) is 4.79 Å². The van der Waals surface area contributed by atoms with Crippen LogP contribution in [0.3, 0.4) is 0 Å². The van der Waals surface area contributed by atoms with Gasteiger partial charge in [0.2, 0.25) is 0 Å². The van der Waals surface area contributed by atoms with E-state index in [9.17, 15) is 9.90 Å². The summed E-state index contributed by atoms with van der Waals surface area (Å²) in [7, 11) is 1.99. The molecule has 0 atom stereocenters. The Kier molecular flexibility index (Phi) is 5.37. The summed E-state index contributed by atoms with van der Waals surface area (Å²) in [5.74, 6) is -0.100. The molecule has 3 aromatic rings. The Hall–Kier alpha value is -1.95. The Labute approximate surface area is 155 Å². The SMILES string of the molecule is CSc1ccc(CN(C)Cc2cc(=O)oc3cc(O)c(Cl)cc23)cc1. The second-order valence-corrected chi connectivity index (χ2v) is 7.20. The average Bonchev–Trinajstić information content (AvgIpc) is 2.57. The molecule has 0 saturated heterocycles. The molecule has 0 spiro atoms. The molecule has 1 N–H and O–H groups in total. The van der Waals surface area contributed by atoms with Crippen LogP contribution in [-0.2, 0) is 13.1 Å². The lowest BCUT2D eigenvalue weighted by atomic mass is 10.1. The molecule has 0 amide bonds. The second kappa shape index (κ2) is 7.52. The van der Waals surface area contributed by atoms with Crippen molar-refractivity contribution in [1.29, 1.82) is 0 Å². The minimum Gasteiger partial charge on any atom is -0.506 e. The summed E-state index contributed by atoms with van der Waals surface area (Å²) in [5, 5.41) is 10.7. The number of phenolic OH excluding ortho intramolecular Hbond substituents is 1. The van der Waals surface area contributed by atoms with Gasteiger partial charge in [-0.2, -0.15) is 0 Å². The lowest BCUT2D eigenvalue weighted by Crippen LogP contribution is -2.18. The van der Waals surface area contributed by atoms with Crippen molar-refractivity contribution in [2.45, 2.75) is 18.0 Å². The topological polar surface area (TPSA) is 53.7 Å². The van der Waals surface area contributed by atoms with E-state index >= 15 is 0 Å². The number of aromatic hydroxyl groups is 1. The highest BCUT2D eigenvalue weighted by Gasteiger charge is 2.12. The first-order valence-corrected chi connectivity index (χ1v) is 9.33. The molecule has 0 bridgehead atoms. The lowest BCUT2D eigenvalue weighted by Gasteiger charge is -2.18. The first-order valence-electron chi connectivity index (χ1n) is 7.73. The highest BCUT2D eigenvalue weighted by atomic mass is 35.5. The predicted octanol–water partition coefficient (Wildman–Crippen LogP) is 4.51. The molecule has 4 nitrogen and oxygen atoms in total. The van der Waals surface area contributed by atoms with Crippen molar-refractivity contribution in [2.75, 3.05) is 13.3 Å². The van der Waals surface area contributed by atoms with E-state index in [1.165, 1.54) is 22.6 Å². The zero-order valence-corrected chi connectivity index (χ0v) is 15.5. The van der Waals surface area contributed by atoms with Gasteiger partial charge >= 0.3 is 5.63 Å². The molecule has 0 aliphatic rings. The third kappa shape index (κ3) is 4.18. The molecule has 130 valence electrons. The van der Waals surface area contributed by atoms with Crippen LogP contribution in [0.5, 0.6) is 5.75 Å². The van der Waals surface area contributed by atoms with E-state index < -0.39 is 5.63 Å². The minimum absolute atomic E-state index is 0.100. The van der Waals surface area contributed by atoms with Gasteiger partial charge in [-0.1, -0.05) is 23.7 Å². The van der Waals surface area contributed by atoms with Crippen molar-refractivity contribution < 1.29 is 9.52 Å². The number of halogens is 1. The third-order valence-electron chi connectivity index (χ3n) is 3.95. The maximum atomic E-state index is 11.8. The van der Waals surface area contributed by atoms with Gasteiger partial charge in [-0.3, -0.25) is 4.90 Å². The zero-order chi connectivity index (χ0) is 18.0. The first-order chi connectivity index (χ1) is 12.0. The number of phenols is 1. The van der Waals surface area contributed by atoms with Crippen molar-refractivity contribution in [3.8, 4) is 5.75 Å².